The number of nitrogens with zero attached hydrogens (tertiary/aromatic N) is 2. The highest BCUT2D eigenvalue weighted by Crippen LogP contribution is 2.12. The van der Waals surface area contributed by atoms with Crippen LogP contribution in [0.15, 0.2) is 55.3 Å². The van der Waals surface area contributed by atoms with Crippen LogP contribution in [0.3, 0.4) is 0 Å². The van der Waals surface area contributed by atoms with E-state index in [1.54, 1.807) is 18.5 Å². The third kappa shape index (κ3) is 4.52. The van der Waals surface area contributed by atoms with E-state index < -0.39 is 0 Å². The Labute approximate surface area is 157 Å². The molecule has 0 unspecified atom stereocenters. The number of nitrogens with one attached hydrogen (secondary N) is 2. The van der Waals surface area contributed by atoms with E-state index >= 15 is 0 Å². The van der Waals surface area contributed by atoms with Gasteiger partial charge in [-0.1, -0.05) is 30.3 Å². The quantitative estimate of drug-likeness (QED) is 0.626. The molecule has 0 bridgehead atoms. The minimum atomic E-state index is 0.618. The number of rotatable bonds is 6. The molecule has 0 aliphatic heterocycles. The zero-order valence-corrected chi connectivity index (χ0v) is 15.0. The molecule has 0 amide bonds. The van der Waals surface area contributed by atoms with Crippen LogP contribution in [0.1, 0.15) is 16.7 Å². The minimum Gasteiger partial charge on any atom is -0.405 e. The molecule has 0 aliphatic rings. The topological polar surface area (TPSA) is 79.6 Å². The van der Waals surface area contributed by atoms with Gasteiger partial charge in [-0.25, -0.2) is 4.98 Å². The summed E-state index contributed by atoms with van der Waals surface area (Å²) in [7, 11) is 0. The van der Waals surface area contributed by atoms with E-state index in [1.807, 2.05) is 30.6 Å². The van der Waals surface area contributed by atoms with Gasteiger partial charge in [0.2, 0.25) is 0 Å². The molecule has 3 rings (SSSR count). The summed E-state index contributed by atoms with van der Waals surface area (Å²) in [5.74, 6) is 0.804. The van der Waals surface area contributed by atoms with Crippen molar-refractivity contribution in [3.8, 4) is 0 Å². The maximum Gasteiger partial charge on any atom is 0.126 e. The molecule has 3 aromatic heterocycles. The van der Waals surface area contributed by atoms with Crippen molar-refractivity contribution in [1.82, 2.24) is 15.0 Å². The highest BCUT2D eigenvalue weighted by molar-refractivity contribution is 6.30. The molecule has 0 saturated carbocycles. The largest absolute Gasteiger partial charge is 0.405 e. The molecule has 6 heteroatoms. The molecule has 3 heterocycles. The second-order valence-corrected chi connectivity index (χ2v) is 6.29. The van der Waals surface area contributed by atoms with Gasteiger partial charge in [-0.05, 0) is 41.1 Å². The molecule has 0 spiro atoms. The second-order valence-electron chi connectivity index (χ2n) is 5.85. The molecule has 26 heavy (non-hydrogen) atoms. The van der Waals surface area contributed by atoms with E-state index in [9.17, 15) is 0 Å². The average Bonchev–Trinajstić information content (AvgIpc) is 2.99. The number of nitrogens with two attached hydrogens (primary N) is 1. The molecule has 0 aliphatic carbocycles. The Hall–Kier alpha value is -3.05. The van der Waals surface area contributed by atoms with Crippen molar-refractivity contribution >= 4 is 30.1 Å². The van der Waals surface area contributed by atoms with E-state index in [4.69, 9.17) is 17.3 Å². The van der Waals surface area contributed by atoms with E-state index in [-0.39, 0.29) is 0 Å². The Balaban J connectivity index is 1.68. The van der Waals surface area contributed by atoms with Crippen LogP contribution >= 0.6 is 11.6 Å². The molecule has 0 aromatic carbocycles. The fourth-order valence-electron chi connectivity index (χ4n) is 2.63. The van der Waals surface area contributed by atoms with Crippen molar-refractivity contribution in [3.05, 3.63) is 87.5 Å². The van der Waals surface area contributed by atoms with Crippen molar-refractivity contribution in [3.63, 3.8) is 0 Å². The van der Waals surface area contributed by atoms with Gasteiger partial charge < -0.3 is 16.0 Å². The third-order valence-corrected chi connectivity index (χ3v) is 4.13. The summed E-state index contributed by atoms with van der Waals surface area (Å²) in [6, 6.07) is 5.91. The first-order chi connectivity index (χ1) is 12.7. The van der Waals surface area contributed by atoms with Gasteiger partial charge in [0, 0.05) is 48.3 Å². The van der Waals surface area contributed by atoms with Gasteiger partial charge in [0.1, 0.15) is 5.82 Å². The van der Waals surface area contributed by atoms with Crippen LogP contribution in [0.4, 0.5) is 5.82 Å². The van der Waals surface area contributed by atoms with E-state index in [2.05, 4.69) is 32.9 Å². The number of H-pyrrole nitrogens is 1. The van der Waals surface area contributed by atoms with Crippen LogP contribution in [0.5, 0.6) is 0 Å². The summed E-state index contributed by atoms with van der Waals surface area (Å²) in [6.07, 6.45) is 13.3. The summed E-state index contributed by atoms with van der Waals surface area (Å²) < 4.78 is 0. The molecule has 0 fully saturated rings. The smallest absolute Gasteiger partial charge is 0.126 e. The van der Waals surface area contributed by atoms with Crippen molar-refractivity contribution in [2.24, 2.45) is 5.73 Å². The highest BCUT2D eigenvalue weighted by Gasteiger charge is 2.02. The molecule has 132 valence electrons. The first-order valence-corrected chi connectivity index (χ1v) is 8.55. The van der Waals surface area contributed by atoms with Crippen LogP contribution in [0.2, 0.25) is 5.02 Å². The minimum absolute atomic E-state index is 0.618. The first-order valence-electron chi connectivity index (χ1n) is 8.18. The van der Waals surface area contributed by atoms with E-state index in [0.717, 1.165) is 39.5 Å². The van der Waals surface area contributed by atoms with Gasteiger partial charge in [-0.3, -0.25) is 4.98 Å². The van der Waals surface area contributed by atoms with Crippen LogP contribution in [0.25, 0.3) is 12.7 Å². The lowest BCUT2D eigenvalue weighted by molar-refractivity contribution is 1.07. The van der Waals surface area contributed by atoms with Gasteiger partial charge in [0.25, 0.3) is 0 Å². The van der Waals surface area contributed by atoms with Gasteiger partial charge in [-0.2, -0.15) is 0 Å². The van der Waals surface area contributed by atoms with Crippen molar-refractivity contribution in [1.29, 1.82) is 0 Å². The number of aromatic nitrogens is 3. The SMILES string of the molecule is C=c1[nH]cc(Cc2ccc(NCc3cncc(Cl)c3)nc2)/c1=C/C=C\N. The van der Waals surface area contributed by atoms with Gasteiger partial charge >= 0.3 is 0 Å². The Morgan fingerprint density at radius 1 is 1.23 bits per heavy atom. The molecule has 4 N–H and O–H groups in total. The van der Waals surface area contributed by atoms with Gasteiger partial charge in [-0.15, -0.1) is 0 Å². The van der Waals surface area contributed by atoms with Crippen molar-refractivity contribution < 1.29 is 0 Å². The number of aromatic amines is 1. The van der Waals surface area contributed by atoms with Crippen LogP contribution in [-0.2, 0) is 13.0 Å². The Kier molecular flexibility index (Phi) is 5.71. The lowest BCUT2D eigenvalue weighted by atomic mass is 10.1. The molecule has 5 nitrogen and oxygen atoms in total. The maximum atomic E-state index is 5.94. The highest BCUT2D eigenvalue weighted by atomic mass is 35.5. The fourth-order valence-corrected chi connectivity index (χ4v) is 2.82. The Morgan fingerprint density at radius 2 is 2.12 bits per heavy atom. The summed E-state index contributed by atoms with van der Waals surface area (Å²) >= 11 is 5.94. The van der Waals surface area contributed by atoms with Gasteiger partial charge in [0.15, 0.2) is 0 Å². The number of allylic oxidation sites excluding steroid dienone is 1. The normalized spacial score (nSPS) is 12.0. The number of hydrogen-bond acceptors (Lipinski definition) is 4. The molecule has 0 radical (unpaired) electrons. The Bertz CT molecular complexity index is 1010. The lowest BCUT2D eigenvalue weighted by Crippen LogP contribution is -2.23. The lowest BCUT2D eigenvalue weighted by Gasteiger charge is -2.07. The number of halogens is 1. The Morgan fingerprint density at radius 3 is 2.85 bits per heavy atom. The van der Waals surface area contributed by atoms with E-state index in [0.29, 0.717) is 11.6 Å². The standard InChI is InChI=1S/C20H20ClN5/c1-14-19(3-2-6-22)17(12-24-14)7-15-4-5-20(25-10-15)26-11-16-8-18(21)13-23-9-16/h2-6,8-10,12-13,24H,1,7,11,22H2,(H,25,26)/b6-2-,19-3+. The molecular formula is C20H20ClN5. The monoisotopic (exact) mass is 365 g/mol. The predicted octanol–water partition coefficient (Wildman–Crippen LogP) is 2.32. The molecule has 3 aromatic rings. The third-order valence-electron chi connectivity index (χ3n) is 3.92. The summed E-state index contributed by atoms with van der Waals surface area (Å²) in [6.45, 7) is 4.63. The number of pyridine rings is 2. The summed E-state index contributed by atoms with van der Waals surface area (Å²) in [5.41, 5.74) is 8.70. The summed E-state index contributed by atoms with van der Waals surface area (Å²) in [5, 5.41) is 5.83. The number of anilines is 1. The second kappa shape index (κ2) is 8.36. The van der Waals surface area contributed by atoms with Crippen molar-refractivity contribution in [2.75, 3.05) is 5.32 Å². The molecular weight excluding hydrogens is 346 g/mol. The van der Waals surface area contributed by atoms with Crippen molar-refractivity contribution in [2.45, 2.75) is 13.0 Å². The first kappa shape index (κ1) is 17.8. The molecule has 0 saturated heterocycles. The van der Waals surface area contributed by atoms with Gasteiger partial charge in [0.05, 0.1) is 5.02 Å². The maximum absolute atomic E-state index is 5.94. The predicted molar refractivity (Wildman–Crippen MR) is 107 cm³/mol. The summed E-state index contributed by atoms with van der Waals surface area (Å²) in [4.78, 5) is 11.7. The zero-order chi connectivity index (χ0) is 18.4. The number of hydrogen-bond donors (Lipinski definition) is 3. The van der Waals surface area contributed by atoms with Crippen LogP contribution < -0.4 is 21.6 Å². The van der Waals surface area contributed by atoms with E-state index in [1.165, 1.54) is 6.20 Å². The molecule has 0 atom stereocenters. The fraction of sp³-hybridized carbons (Fsp3) is 0.100. The van der Waals surface area contributed by atoms with Crippen LogP contribution in [0, 0.1) is 0 Å². The van der Waals surface area contributed by atoms with Crippen LogP contribution in [-0.4, -0.2) is 15.0 Å². The zero-order valence-electron chi connectivity index (χ0n) is 14.2. The average molecular weight is 366 g/mol.